The highest BCUT2D eigenvalue weighted by Crippen LogP contribution is 2.31. The Bertz CT molecular complexity index is 995. The van der Waals surface area contributed by atoms with E-state index in [0.717, 1.165) is 13.1 Å². The van der Waals surface area contributed by atoms with Gasteiger partial charge < -0.3 is 10.2 Å². The summed E-state index contributed by atoms with van der Waals surface area (Å²) in [4.78, 5) is 38.4. The number of fused-ring (bicyclic) bond motifs is 1. The third kappa shape index (κ3) is 2.73. The molecule has 0 aliphatic carbocycles. The molecule has 2 aliphatic rings. The van der Waals surface area contributed by atoms with Crippen LogP contribution < -0.4 is 21.2 Å². The van der Waals surface area contributed by atoms with Crippen molar-refractivity contribution in [3.05, 3.63) is 28.4 Å². The van der Waals surface area contributed by atoms with Gasteiger partial charge in [0.05, 0.1) is 11.2 Å². The monoisotopic (exact) mass is 375 g/mol. The quantitative estimate of drug-likeness (QED) is 0.735. The highest BCUT2D eigenvalue weighted by atomic mass is 19.1. The predicted octanol–water partition coefficient (Wildman–Crippen LogP) is 0.255. The van der Waals surface area contributed by atoms with E-state index in [4.69, 9.17) is 0 Å². The van der Waals surface area contributed by atoms with E-state index in [0.29, 0.717) is 17.7 Å². The molecule has 27 heavy (non-hydrogen) atoms. The summed E-state index contributed by atoms with van der Waals surface area (Å²) in [5.41, 5.74) is 0.519. The first kappa shape index (κ1) is 17.7. The average molecular weight is 375 g/mol. The summed E-state index contributed by atoms with van der Waals surface area (Å²) in [6, 6.07) is 2.66. The van der Waals surface area contributed by atoms with Gasteiger partial charge in [-0.05, 0) is 25.5 Å². The van der Waals surface area contributed by atoms with Gasteiger partial charge in [-0.3, -0.25) is 24.0 Å². The molecule has 2 N–H and O–H groups in total. The Morgan fingerprint density at radius 1 is 1.22 bits per heavy atom. The van der Waals surface area contributed by atoms with Crippen LogP contribution >= 0.6 is 0 Å². The van der Waals surface area contributed by atoms with Crippen LogP contribution in [0.5, 0.6) is 0 Å². The van der Waals surface area contributed by atoms with E-state index < -0.39 is 23.5 Å². The Labute approximate surface area is 154 Å². The number of piperazine rings is 1. The minimum Gasteiger partial charge on any atom is -0.364 e. The number of anilines is 1. The first-order valence-electron chi connectivity index (χ1n) is 9.10. The Morgan fingerprint density at radius 3 is 2.70 bits per heavy atom. The lowest BCUT2D eigenvalue weighted by Gasteiger charge is -2.36. The number of hydrogen-bond donors (Lipinski definition) is 2. The van der Waals surface area contributed by atoms with Crippen LogP contribution in [0.4, 0.5) is 10.1 Å². The molecule has 1 aromatic heterocycles. The van der Waals surface area contributed by atoms with Crippen LogP contribution in [0.25, 0.3) is 11.0 Å². The zero-order valence-corrected chi connectivity index (χ0v) is 15.3. The van der Waals surface area contributed by atoms with E-state index >= 15 is 4.39 Å². The van der Waals surface area contributed by atoms with Crippen molar-refractivity contribution in [1.29, 1.82) is 0 Å². The minimum atomic E-state index is -0.817. The van der Waals surface area contributed by atoms with E-state index in [-0.39, 0.29) is 30.3 Å². The highest BCUT2D eigenvalue weighted by Gasteiger charge is 2.32. The molecule has 2 atom stereocenters. The SMILES string of the molecule is C[C@@H]1CNCCN1c1ccc2c(c1F)n(C)c(=O)n2C1CCC(=O)NC1=O. The molecule has 0 bridgehead atoms. The lowest BCUT2D eigenvalue weighted by atomic mass is 10.1. The summed E-state index contributed by atoms with van der Waals surface area (Å²) >= 11 is 0. The number of amides is 2. The van der Waals surface area contributed by atoms with Gasteiger partial charge >= 0.3 is 5.69 Å². The van der Waals surface area contributed by atoms with Gasteiger partial charge in [0, 0.05) is 39.1 Å². The van der Waals surface area contributed by atoms with Crippen molar-refractivity contribution in [3.8, 4) is 0 Å². The lowest BCUT2D eigenvalue weighted by Crippen LogP contribution is -2.50. The third-order valence-electron chi connectivity index (χ3n) is 5.49. The summed E-state index contributed by atoms with van der Waals surface area (Å²) < 4.78 is 18.0. The van der Waals surface area contributed by atoms with E-state index in [2.05, 4.69) is 10.6 Å². The molecule has 9 heteroatoms. The lowest BCUT2D eigenvalue weighted by molar-refractivity contribution is -0.135. The summed E-state index contributed by atoms with van der Waals surface area (Å²) in [6.07, 6.45) is 0.375. The number of halogens is 1. The van der Waals surface area contributed by atoms with Gasteiger partial charge in [-0.25, -0.2) is 9.18 Å². The van der Waals surface area contributed by atoms with Gasteiger partial charge in [0.15, 0.2) is 5.82 Å². The zero-order valence-electron chi connectivity index (χ0n) is 15.3. The van der Waals surface area contributed by atoms with Crippen LogP contribution in [0.15, 0.2) is 16.9 Å². The van der Waals surface area contributed by atoms with Gasteiger partial charge in [0.25, 0.3) is 0 Å². The molecule has 8 nitrogen and oxygen atoms in total. The molecule has 1 unspecified atom stereocenters. The predicted molar refractivity (Wildman–Crippen MR) is 98.2 cm³/mol. The summed E-state index contributed by atoms with van der Waals surface area (Å²) in [5, 5.41) is 5.53. The fraction of sp³-hybridized carbons (Fsp3) is 0.500. The molecule has 0 saturated carbocycles. The van der Waals surface area contributed by atoms with E-state index in [1.165, 1.54) is 16.2 Å². The normalized spacial score (nSPS) is 23.7. The first-order valence-corrected chi connectivity index (χ1v) is 9.10. The summed E-state index contributed by atoms with van der Waals surface area (Å²) in [7, 11) is 1.50. The molecule has 2 aromatic rings. The molecule has 1 aromatic carbocycles. The average Bonchev–Trinajstić information content (AvgIpc) is 2.88. The van der Waals surface area contributed by atoms with Crippen molar-refractivity contribution in [2.75, 3.05) is 24.5 Å². The van der Waals surface area contributed by atoms with Crippen LogP contribution in [0.2, 0.25) is 0 Å². The molecule has 2 amide bonds. The Morgan fingerprint density at radius 2 is 2.00 bits per heavy atom. The molecular formula is C18H22FN5O3. The molecule has 4 rings (SSSR count). The second kappa shape index (κ2) is 6.49. The van der Waals surface area contributed by atoms with Crippen molar-refractivity contribution < 1.29 is 14.0 Å². The molecule has 3 heterocycles. The second-order valence-electron chi connectivity index (χ2n) is 7.19. The number of nitrogens with one attached hydrogen (secondary N) is 2. The summed E-state index contributed by atoms with van der Waals surface area (Å²) in [6.45, 7) is 4.21. The standard InChI is InChI=1S/C18H22FN5O3/c1-10-9-20-7-8-23(10)11-3-4-12-16(15(11)19)22(2)18(27)24(12)13-5-6-14(25)21-17(13)26/h3-4,10,13,20H,5-9H2,1-2H3,(H,21,25,26)/t10-,13?/m1/s1. The number of imidazole rings is 1. The van der Waals surface area contributed by atoms with Crippen molar-refractivity contribution >= 4 is 28.5 Å². The van der Waals surface area contributed by atoms with Crippen molar-refractivity contribution in [2.45, 2.75) is 31.8 Å². The largest absolute Gasteiger partial charge is 0.364 e. The molecule has 0 spiro atoms. The van der Waals surface area contributed by atoms with E-state index in [1.54, 1.807) is 12.1 Å². The molecular weight excluding hydrogens is 353 g/mol. The number of carbonyl (C=O) groups excluding carboxylic acids is 2. The smallest absolute Gasteiger partial charge is 0.329 e. The van der Waals surface area contributed by atoms with E-state index in [9.17, 15) is 14.4 Å². The Balaban J connectivity index is 1.85. The number of rotatable bonds is 2. The molecule has 2 saturated heterocycles. The van der Waals surface area contributed by atoms with Gasteiger partial charge in [-0.2, -0.15) is 0 Å². The van der Waals surface area contributed by atoms with Crippen molar-refractivity contribution in [3.63, 3.8) is 0 Å². The Hall–Kier alpha value is -2.68. The van der Waals surface area contributed by atoms with Crippen LogP contribution in [-0.2, 0) is 16.6 Å². The molecule has 144 valence electrons. The van der Waals surface area contributed by atoms with Crippen molar-refractivity contribution in [1.82, 2.24) is 19.8 Å². The maximum atomic E-state index is 15.4. The maximum absolute atomic E-state index is 15.4. The fourth-order valence-electron chi connectivity index (χ4n) is 4.07. The van der Waals surface area contributed by atoms with Gasteiger partial charge in [-0.15, -0.1) is 0 Å². The number of aromatic nitrogens is 2. The number of imide groups is 1. The Kier molecular flexibility index (Phi) is 4.26. The van der Waals surface area contributed by atoms with Crippen LogP contribution in [-0.4, -0.2) is 46.6 Å². The maximum Gasteiger partial charge on any atom is 0.329 e. The number of hydrogen-bond acceptors (Lipinski definition) is 5. The highest BCUT2D eigenvalue weighted by molar-refractivity contribution is 6.00. The van der Waals surface area contributed by atoms with Gasteiger partial charge in [-0.1, -0.05) is 0 Å². The first-order chi connectivity index (χ1) is 12.9. The minimum absolute atomic E-state index is 0.125. The second-order valence-corrected chi connectivity index (χ2v) is 7.19. The summed E-state index contributed by atoms with van der Waals surface area (Å²) in [5.74, 6) is -1.35. The molecule has 2 fully saturated rings. The third-order valence-corrected chi connectivity index (χ3v) is 5.49. The van der Waals surface area contributed by atoms with Crippen LogP contribution in [0, 0.1) is 5.82 Å². The topological polar surface area (TPSA) is 88.4 Å². The number of aryl methyl sites for hydroxylation is 1. The number of carbonyl (C=O) groups is 2. The number of nitrogens with zero attached hydrogens (tertiary/aromatic N) is 3. The van der Waals surface area contributed by atoms with Gasteiger partial charge in [0.2, 0.25) is 11.8 Å². The fourth-order valence-corrected chi connectivity index (χ4v) is 4.07. The van der Waals surface area contributed by atoms with Gasteiger partial charge in [0.1, 0.15) is 11.6 Å². The van der Waals surface area contributed by atoms with Crippen molar-refractivity contribution in [2.24, 2.45) is 7.05 Å². The zero-order chi connectivity index (χ0) is 19.3. The molecule has 0 radical (unpaired) electrons. The molecule has 2 aliphatic heterocycles. The van der Waals surface area contributed by atoms with Crippen LogP contribution in [0.1, 0.15) is 25.8 Å². The van der Waals surface area contributed by atoms with Crippen LogP contribution in [0.3, 0.4) is 0 Å². The van der Waals surface area contributed by atoms with E-state index in [1.807, 2.05) is 11.8 Å². The number of benzene rings is 1. The number of piperidine rings is 1.